The Labute approximate surface area is 137 Å². The lowest BCUT2D eigenvalue weighted by Gasteiger charge is -2.33. The van der Waals surface area contributed by atoms with Gasteiger partial charge in [-0.2, -0.15) is 13.2 Å². The number of aryl methyl sites for hydroxylation is 1. The fourth-order valence-electron chi connectivity index (χ4n) is 2.49. The van der Waals surface area contributed by atoms with Gasteiger partial charge in [-0.25, -0.2) is 4.98 Å². The highest BCUT2D eigenvalue weighted by Gasteiger charge is 2.53. The van der Waals surface area contributed by atoms with E-state index in [4.69, 9.17) is 4.42 Å². The van der Waals surface area contributed by atoms with Crippen LogP contribution < -0.4 is 5.32 Å². The topological polar surface area (TPSA) is 55.1 Å². The fraction of sp³-hybridized carbons (Fsp3) is 0.412. The molecular formula is C17H17F3N2O2. The van der Waals surface area contributed by atoms with E-state index >= 15 is 0 Å². The molecule has 1 amide bonds. The van der Waals surface area contributed by atoms with Crippen LogP contribution in [0.25, 0.3) is 0 Å². The van der Waals surface area contributed by atoms with Gasteiger partial charge in [-0.1, -0.05) is 30.3 Å². The van der Waals surface area contributed by atoms with Crippen molar-refractivity contribution in [3.05, 3.63) is 53.2 Å². The summed E-state index contributed by atoms with van der Waals surface area (Å²) >= 11 is 0. The average molecular weight is 338 g/mol. The number of nitrogens with one attached hydrogen (secondary N) is 1. The third kappa shape index (κ3) is 2.90. The molecular weight excluding hydrogens is 321 g/mol. The molecule has 0 aliphatic heterocycles. The van der Waals surface area contributed by atoms with E-state index in [0.29, 0.717) is 11.6 Å². The number of amides is 1. The molecule has 2 aromatic rings. The number of carbonyl (C=O) groups is 1. The van der Waals surface area contributed by atoms with Gasteiger partial charge in [-0.05, 0) is 32.3 Å². The van der Waals surface area contributed by atoms with E-state index in [1.165, 1.54) is 24.3 Å². The quantitative estimate of drug-likeness (QED) is 0.914. The van der Waals surface area contributed by atoms with Gasteiger partial charge >= 0.3 is 6.18 Å². The Morgan fingerprint density at radius 2 is 1.88 bits per heavy atom. The molecule has 1 N–H and O–H groups in total. The van der Waals surface area contributed by atoms with Crippen LogP contribution in [0, 0.1) is 6.92 Å². The number of aromatic nitrogens is 1. The van der Waals surface area contributed by atoms with Gasteiger partial charge in [0, 0.05) is 5.92 Å². The lowest BCUT2D eigenvalue weighted by molar-refractivity contribution is -0.192. The second kappa shape index (κ2) is 5.65. The van der Waals surface area contributed by atoms with Gasteiger partial charge < -0.3 is 9.73 Å². The van der Waals surface area contributed by atoms with Gasteiger partial charge in [0.25, 0.3) is 5.91 Å². The van der Waals surface area contributed by atoms with E-state index in [-0.39, 0.29) is 17.2 Å². The molecule has 0 bridgehead atoms. The molecule has 0 unspecified atom stereocenters. The average Bonchev–Trinajstić information content (AvgIpc) is 3.29. The van der Waals surface area contributed by atoms with E-state index in [0.717, 1.165) is 19.8 Å². The first-order valence-electron chi connectivity index (χ1n) is 7.64. The SMILES string of the molecule is Cc1nc(C2CC2)oc1C(=O)N[C@@](C)(c1ccccc1)C(F)(F)F. The number of alkyl halides is 3. The summed E-state index contributed by atoms with van der Waals surface area (Å²) in [5.74, 6) is -0.488. The molecule has 0 spiro atoms. The number of carbonyl (C=O) groups excluding carboxylic acids is 1. The Bertz CT molecular complexity index is 751. The lowest BCUT2D eigenvalue weighted by atomic mass is 9.91. The molecule has 7 heteroatoms. The summed E-state index contributed by atoms with van der Waals surface area (Å²) < 4.78 is 46.4. The van der Waals surface area contributed by atoms with Crippen LogP contribution in [-0.2, 0) is 5.54 Å². The summed E-state index contributed by atoms with van der Waals surface area (Å²) in [7, 11) is 0. The zero-order chi connectivity index (χ0) is 17.5. The maximum atomic E-state index is 13.6. The minimum Gasteiger partial charge on any atom is -0.435 e. The number of halogens is 3. The van der Waals surface area contributed by atoms with E-state index in [1.54, 1.807) is 13.0 Å². The van der Waals surface area contributed by atoms with E-state index in [9.17, 15) is 18.0 Å². The molecule has 1 aliphatic carbocycles. The summed E-state index contributed by atoms with van der Waals surface area (Å²) in [6.45, 7) is 2.49. The summed E-state index contributed by atoms with van der Waals surface area (Å²) in [6, 6.07) is 7.27. The van der Waals surface area contributed by atoms with Crippen LogP contribution in [0.5, 0.6) is 0 Å². The number of nitrogens with zero attached hydrogens (tertiary/aromatic N) is 1. The Balaban J connectivity index is 1.92. The van der Waals surface area contributed by atoms with Crippen molar-refractivity contribution in [1.29, 1.82) is 0 Å². The van der Waals surface area contributed by atoms with Gasteiger partial charge in [-0.15, -0.1) is 0 Å². The number of hydrogen-bond acceptors (Lipinski definition) is 3. The van der Waals surface area contributed by atoms with Crippen LogP contribution in [0.15, 0.2) is 34.7 Å². The summed E-state index contributed by atoms with van der Waals surface area (Å²) in [6.07, 6.45) is -2.83. The largest absolute Gasteiger partial charge is 0.435 e. The van der Waals surface area contributed by atoms with Gasteiger partial charge in [-0.3, -0.25) is 4.79 Å². The molecule has 1 aromatic carbocycles. The standard InChI is InChI=1S/C17H17F3N2O2/c1-10-13(24-15(21-10)11-8-9-11)14(23)22-16(2,17(18,19)20)12-6-4-3-5-7-12/h3-7,11H,8-9H2,1-2H3,(H,22,23)/t16-/m0/s1. The Kier molecular flexibility index (Phi) is 3.89. The highest BCUT2D eigenvalue weighted by Crippen LogP contribution is 2.41. The molecule has 1 heterocycles. The molecule has 1 atom stereocenters. The number of benzene rings is 1. The van der Waals surface area contributed by atoms with Crippen LogP contribution in [0.4, 0.5) is 13.2 Å². The van der Waals surface area contributed by atoms with Gasteiger partial charge in [0.1, 0.15) is 0 Å². The smallest absolute Gasteiger partial charge is 0.415 e. The number of rotatable bonds is 4. The molecule has 1 fully saturated rings. The highest BCUT2D eigenvalue weighted by molar-refractivity contribution is 5.93. The van der Waals surface area contributed by atoms with Crippen molar-refractivity contribution in [3.8, 4) is 0 Å². The van der Waals surface area contributed by atoms with Crippen LogP contribution in [0.2, 0.25) is 0 Å². The van der Waals surface area contributed by atoms with E-state index in [2.05, 4.69) is 10.3 Å². The summed E-state index contributed by atoms with van der Waals surface area (Å²) in [5, 5.41) is 2.08. The predicted octanol–water partition coefficient (Wildman–Crippen LogP) is 4.07. The zero-order valence-electron chi connectivity index (χ0n) is 13.3. The van der Waals surface area contributed by atoms with Gasteiger partial charge in [0.15, 0.2) is 11.4 Å². The molecule has 1 aromatic heterocycles. The van der Waals surface area contributed by atoms with Crippen LogP contribution in [0.1, 0.15) is 53.4 Å². The third-order valence-corrected chi connectivity index (χ3v) is 4.23. The first-order valence-corrected chi connectivity index (χ1v) is 7.64. The van der Waals surface area contributed by atoms with Crippen molar-refractivity contribution in [3.63, 3.8) is 0 Å². The maximum Gasteiger partial charge on any atom is 0.415 e. The van der Waals surface area contributed by atoms with Crippen LogP contribution in [-0.4, -0.2) is 17.1 Å². The molecule has 3 rings (SSSR count). The number of hydrogen-bond donors (Lipinski definition) is 1. The Hall–Kier alpha value is -2.31. The monoisotopic (exact) mass is 338 g/mol. The molecule has 1 saturated carbocycles. The normalized spacial score (nSPS) is 17.4. The molecule has 1 aliphatic rings. The third-order valence-electron chi connectivity index (χ3n) is 4.23. The van der Waals surface area contributed by atoms with Crippen LogP contribution >= 0.6 is 0 Å². The Morgan fingerprint density at radius 1 is 1.25 bits per heavy atom. The maximum absolute atomic E-state index is 13.6. The highest BCUT2D eigenvalue weighted by atomic mass is 19.4. The summed E-state index contributed by atoms with van der Waals surface area (Å²) in [5.41, 5.74) is -2.28. The molecule has 128 valence electrons. The Morgan fingerprint density at radius 3 is 2.42 bits per heavy atom. The van der Waals surface area contributed by atoms with Crippen molar-refractivity contribution in [2.45, 2.75) is 44.3 Å². The minimum absolute atomic E-state index is 0.0505. The minimum atomic E-state index is -4.67. The van der Waals surface area contributed by atoms with Gasteiger partial charge in [0.2, 0.25) is 5.76 Å². The first-order chi connectivity index (χ1) is 11.2. The second-order valence-electron chi connectivity index (χ2n) is 6.18. The molecule has 0 radical (unpaired) electrons. The number of oxazole rings is 1. The van der Waals surface area contributed by atoms with Crippen LogP contribution in [0.3, 0.4) is 0 Å². The van der Waals surface area contributed by atoms with E-state index in [1.807, 2.05) is 0 Å². The first kappa shape index (κ1) is 16.5. The van der Waals surface area contributed by atoms with E-state index < -0.39 is 17.6 Å². The van der Waals surface area contributed by atoms with Gasteiger partial charge in [0.05, 0.1) is 5.69 Å². The van der Waals surface area contributed by atoms with Crippen molar-refractivity contribution < 1.29 is 22.4 Å². The molecule has 0 saturated heterocycles. The predicted molar refractivity (Wildman–Crippen MR) is 80.5 cm³/mol. The van der Waals surface area contributed by atoms with Crippen molar-refractivity contribution in [2.75, 3.05) is 0 Å². The fourth-order valence-corrected chi connectivity index (χ4v) is 2.49. The molecule has 4 nitrogen and oxygen atoms in total. The lowest BCUT2D eigenvalue weighted by Crippen LogP contribution is -2.54. The second-order valence-corrected chi connectivity index (χ2v) is 6.18. The van der Waals surface area contributed by atoms with Crippen molar-refractivity contribution >= 4 is 5.91 Å². The molecule has 24 heavy (non-hydrogen) atoms. The summed E-state index contributed by atoms with van der Waals surface area (Å²) in [4.78, 5) is 16.6. The zero-order valence-corrected chi connectivity index (χ0v) is 13.3. The van der Waals surface area contributed by atoms with Crippen molar-refractivity contribution in [2.24, 2.45) is 0 Å². The van der Waals surface area contributed by atoms with Crippen molar-refractivity contribution in [1.82, 2.24) is 10.3 Å².